The summed E-state index contributed by atoms with van der Waals surface area (Å²) < 4.78 is 0. The van der Waals surface area contributed by atoms with E-state index in [0.717, 1.165) is 5.56 Å². The zero-order valence-electron chi connectivity index (χ0n) is 15.7. The second-order valence-electron chi connectivity index (χ2n) is 6.35. The third-order valence-corrected chi connectivity index (χ3v) is 4.13. The molecule has 1 atom stereocenters. The molecule has 0 spiro atoms. The number of nitrogens with one attached hydrogen (secondary N) is 1. The fourth-order valence-corrected chi connectivity index (χ4v) is 2.66. The molecule has 1 N–H and O–H groups in total. The highest BCUT2D eigenvalue weighted by atomic mass is 16.7. The molecule has 144 valence electrons. The molecule has 1 aliphatic rings. The van der Waals surface area contributed by atoms with Crippen LogP contribution in [-0.4, -0.2) is 73.2 Å². The van der Waals surface area contributed by atoms with E-state index < -0.39 is 6.04 Å². The molecule has 1 aromatic carbocycles. The van der Waals surface area contributed by atoms with Gasteiger partial charge in [-0.1, -0.05) is 30.3 Å². The Kier molecular flexibility index (Phi) is 7.83. The van der Waals surface area contributed by atoms with Gasteiger partial charge >= 0.3 is 6.03 Å². The van der Waals surface area contributed by atoms with Gasteiger partial charge in [-0.05, 0) is 33.0 Å². The number of urea groups is 1. The Balaban J connectivity index is 1.85. The molecular weight excluding hydrogens is 336 g/mol. The van der Waals surface area contributed by atoms with Gasteiger partial charge in [0.15, 0.2) is 0 Å². The van der Waals surface area contributed by atoms with E-state index in [1.165, 1.54) is 9.96 Å². The van der Waals surface area contributed by atoms with Crippen LogP contribution in [0.3, 0.4) is 0 Å². The van der Waals surface area contributed by atoms with E-state index in [1.54, 1.807) is 0 Å². The van der Waals surface area contributed by atoms with Crippen molar-refractivity contribution in [2.24, 2.45) is 0 Å². The number of hydrogen-bond acceptors (Lipinski definition) is 5. The maximum Gasteiger partial charge on any atom is 0.344 e. The van der Waals surface area contributed by atoms with Crippen LogP contribution in [0.1, 0.15) is 18.9 Å². The van der Waals surface area contributed by atoms with Crippen molar-refractivity contribution in [3.63, 3.8) is 0 Å². The highest BCUT2D eigenvalue weighted by Crippen LogP contribution is 2.18. The van der Waals surface area contributed by atoms with Crippen LogP contribution in [0, 0.1) is 0 Å². The zero-order valence-corrected chi connectivity index (χ0v) is 15.7. The fourth-order valence-electron chi connectivity index (χ4n) is 2.66. The van der Waals surface area contributed by atoms with Crippen molar-refractivity contribution < 1.29 is 19.3 Å². The van der Waals surface area contributed by atoms with Gasteiger partial charge in [0.25, 0.3) is 5.91 Å². The van der Waals surface area contributed by atoms with E-state index in [-0.39, 0.29) is 11.9 Å². The molecule has 8 nitrogen and oxygen atoms in total. The average molecular weight is 364 g/mol. The van der Waals surface area contributed by atoms with Gasteiger partial charge in [-0.25, -0.2) is 15.3 Å². The Hall–Kier alpha value is -2.16. The summed E-state index contributed by atoms with van der Waals surface area (Å²) >= 11 is 0. The molecule has 1 aliphatic heterocycles. The molecule has 8 heteroatoms. The van der Waals surface area contributed by atoms with Gasteiger partial charge in [-0.3, -0.25) is 14.5 Å². The third-order valence-electron chi connectivity index (χ3n) is 4.13. The Bertz CT molecular complexity index is 582. The lowest BCUT2D eigenvalue weighted by molar-refractivity contribution is -0.161. The van der Waals surface area contributed by atoms with Gasteiger partial charge in [0.1, 0.15) is 12.6 Å². The van der Waals surface area contributed by atoms with E-state index in [2.05, 4.69) is 5.48 Å². The molecule has 0 aromatic heterocycles. The van der Waals surface area contributed by atoms with E-state index in [4.69, 9.17) is 9.68 Å². The largest absolute Gasteiger partial charge is 0.344 e. The first-order chi connectivity index (χ1) is 12.5. The molecule has 0 saturated carbocycles. The Morgan fingerprint density at radius 1 is 1.31 bits per heavy atom. The molecule has 0 aliphatic carbocycles. The molecule has 2 rings (SSSR count). The van der Waals surface area contributed by atoms with Gasteiger partial charge in [-0.2, -0.15) is 0 Å². The number of carbonyl (C=O) groups excluding carboxylic acids is 2. The minimum absolute atomic E-state index is 0.303. The van der Waals surface area contributed by atoms with Crippen LogP contribution in [0.4, 0.5) is 4.79 Å². The number of rotatable bonds is 9. The van der Waals surface area contributed by atoms with Crippen LogP contribution in [0.5, 0.6) is 0 Å². The lowest BCUT2D eigenvalue weighted by Gasteiger charge is -2.39. The second-order valence-corrected chi connectivity index (χ2v) is 6.35. The predicted octanol–water partition coefficient (Wildman–Crippen LogP) is 1.24. The standard InChI is InChI=1S/C18H28N4O4/c1-4-21-16(17(23)19-25-13-12-20(2)3)10-11-22(18(21)24)26-14-15-8-6-5-7-9-15/h5-9,16H,4,10-14H2,1-3H3,(H,19,23)/t16-/m0/s1. The van der Waals surface area contributed by atoms with Crippen LogP contribution in [0.2, 0.25) is 0 Å². The summed E-state index contributed by atoms with van der Waals surface area (Å²) in [5.74, 6) is -0.304. The van der Waals surface area contributed by atoms with Crippen molar-refractivity contribution in [3.8, 4) is 0 Å². The molecule has 0 bridgehead atoms. The molecule has 0 unspecified atom stereocenters. The fraction of sp³-hybridized carbons (Fsp3) is 0.556. The molecule has 1 saturated heterocycles. The Labute approximate surface area is 154 Å². The first-order valence-corrected chi connectivity index (χ1v) is 8.84. The van der Waals surface area contributed by atoms with Crippen molar-refractivity contribution in [2.75, 3.05) is 40.3 Å². The summed E-state index contributed by atoms with van der Waals surface area (Å²) in [5, 5.41) is 1.33. The Morgan fingerprint density at radius 2 is 2.04 bits per heavy atom. The van der Waals surface area contributed by atoms with E-state index >= 15 is 0 Å². The summed E-state index contributed by atoms with van der Waals surface area (Å²) in [6.45, 7) is 4.01. The minimum Gasteiger partial charge on any atom is -0.311 e. The number of hydrogen-bond donors (Lipinski definition) is 1. The second kappa shape index (κ2) is 10.1. The van der Waals surface area contributed by atoms with Crippen molar-refractivity contribution in [1.29, 1.82) is 0 Å². The predicted molar refractivity (Wildman–Crippen MR) is 96.8 cm³/mol. The Morgan fingerprint density at radius 3 is 2.69 bits per heavy atom. The van der Waals surface area contributed by atoms with Crippen molar-refractivity contribution in [3.05, 3.63) is 35.9 Å². The van der Waals surface area contributed by atoms with Crippen molar-refractivity contribution >= 4 is 11.9 Å². The lowest BCUT2D eigenvalue weighted by Crippen LogP contribution is -2.58. The lowest BCUT2D eigenvalue weighted by atomic mass is 10.1. The summed E-state index contributed by atoms with van der Waals surface area (Å²) in [5.41, 5.74) is 3.43. The van der Waals surface area contributed by atoms with Crippen molar-refractivity contribution in [1.82, 2.24) is 20.3 Å². The van der Waals surface area contributed by atoms with Gasteiger partial charge < -0.3 is 9.80 Å². The monoisotopic (exact) mass is 364 g/mol. The highest BCUT2D eigenvalue weighted by molar-refractivity contribution is 5.87. The molecule has 1 fully saturated rings. The van der Waals surface area contributed by atoms with Crippen molar-refractivity contribution in [2.45, 2.75) is 26.0 Å². The molecular formula is C18H28N4O4. The number of benzene rings is 1. The topological polar surface area (TPSA) is 74.3 Å². The van der Waals surface area contributed by atoms with Crippen LogP contribution in [0.25, 0.3) is 0 Å². The molecule has 3 amide bonds. The summed E-state index contributed by atoms with van der Waals surface area (Å²) in [6, 6.07) is 8.79. The smallest absolute Gasteiger partial charge is 0.311 e. The van der Waals surface area contributed by atoms with Crippen LogP contribution >= 0.6 is 0 Å². The number of nitrogens with zero attached hydrogens (tertiary/aromatic N) is 3. The number of carbonyl (C=O) groups is 2. The highest BCUT2D eigenvalue weighted by Gasteiger charge is 2.37. The third kappa shape index (κ3) is 5.69. The van der Waals surface area contributed by atoms with E-state index in [9.17, 15) is 9.59 Å². The van der Waals surface area contributed by atoms with Crippen LogP contribution < -0.4 is 5.48 Å². The number of likely N-dealkylation sites (N-methyl/N-ethyl adjacent to an activating group) is 2. The maximum atomic E-state index is 12.6. The molecule has 26 heavy (non-hydrogen) atoms. The average Bonchev–Trinajstić information content (AvgIpc) is 2.64. The SMILES string of the molecule is CCN1C(=O)N(OCc2ccccc2)CC[C@H]1C(=O)NOCCN(C)C. The van der Waals surface area contributed by atoms with E-state index in [0.29, 0.717) is 39.3 Å². The molecule has 1 aromatic rings. The number of amides is 3. The number of hydroxylamine groups is 3. The molecule has 0 radical (unpaired) electrons. The molecule has 1 heterocycles. The summed E-state index contributed by atoms with van der Waals surface area (Å²) in [4.78, 5) is 39.2. The van der Waals surface area contributed by atoms with E-state index in [1.807, 2.05) is 56.3 Å². The van der Waals surface area contributed by atoms with Crippen LogP contribution in [-0.2, 0) is 21.1 Å². The quantitative estimate of drug-likeness (QED) is 0.527. The first kappa shape index (κ1) is 20.2. The summed E-state index contributed by atoms with van der Waals surface area (Å²) in [7, 11) is 3.85. The zero-order chi connectivity index (χ0) is 18.9. The van der Waals surface area contributed by atoms with Gasteiger partial charge in [-0.15, -0.1) is 0 Å². The maximum absolute atomic E-state index is 12.6. The minimum atomic E-state index is -0.552. The normalized spacial score (nSPS) is 17.7. The van der Waals surface area contributed by atoms with Gasteiger partial charge in [0, 0.05) is 13.1 Å². The van der Waals surface area contributed by atoms with Gasteiger partial charge in [0.2, 0.25) is 0 Å². The van der Waals surface area contributed by atoms with Gasteiger partial charge in [0.05, 0.1) is 13.2 Å². The first-order valence-electron chi connectivity index (χ1n) is 8.84. The van der Waals surface area contributed by atoms with Crippen LogP contribution in [0.15, 0.2) is 30.3 Å². The summed E-state index contributed by atoms with van der Waals surface area (Å²) in [6.07, 6.45) is 0.483.